The van der Waals surface area contributed by atoms with Gasteiger partial charge in [0, 0.05) is 30.8 Å². The highest BCUT2D eigenvalue weighted by Crippen LogP contribution is 2.38. The number of H-pyrrole nitrogens is 1. The second kappa shape index (κ2) is 7.65. The van der Waals surface area contributed by atoms with E-state index >= 15 is 0 Å². The van der Waals surface area contributed by atoms with E-state index in [1.807, 2.05) is 0 Å². The number of aromatic amines is 1. The van der Waals surface area contributed by atoms with E-state index in [0.29, 0.717) is 18.5 Å². The van der Waals surface area contributed by atoms with E-state index < -0.39 is 24.2 Å². The summed E-state index contributed by atoms with van der Waals surface area (Å²) in [5, 5.41) is 22.1. The first kappa shape index (κ1) is 20.2. The van der Waals surface area contributed by atoms with Gasteiger partial charge in [-0.2, -0.15) is 18.3 Å². The summed E-state index contributed by atoms with van der Waals surface area (Å²) in [6, 6.07) is 6.66. The Morgan fingerprint density at radius 2 is 1.96 bits per heavy atom. The number of aliphatic hydroxyl groups is 1. The zero-order valence-electron chi connectivity index (χ0n) is 13.6. The molecule has 0 saturated heterocycles. The standard InChI is InChI=1S/C16H17F3N4O2.ClH/c17-16(18,19)15(25,10-4-2-1-3-5-10)9-21-14(24)13-11-8-20-7-6-12(11)22-23-13;/h1-5,20,25H,6-9H2,(H,21,24)(H,22,23);1H. The number of fused-ring (bicyclic) bond motifs is 1. The van der Waals surface area contributed by atoms with Crippen molar-refractivity contribution in [2.24, 2.45) is 0 Å². The van der Waals surface area contributed by atoms with Crippen molar-refractivity contribution in [3.63, 3.8) is 0 Å². The predicted octanol–water partition coefficient (Wildman–Crippen LogP) is 1.66. The normalized spacial score (nSPS) is 16.2. The van der Waals surface area contributed by atoms with Gasteiger partial charge in [0.15, 0.2) is 5.69 Å². The third-order valence-electron chi connectivity index (χ3n) is 4.25. The van der Waals surface area contributed by atoms with Gasteiger partial charge in [-0.1, -0.05) is 30.3 Å². The molecular weight excluding hydrogens is 373 g/mol. The van der Waals surface area contributed by atoms with Crippen LogP contribution in [-0.2, 0) is 18.6 Å². The molecule has 1 aromatic heterocycles. The van der Waals surface area contributed by atoms with Crippen LogP contribution in [0.25, 0.3) is 0 Å². The van der Waals surface area contributed by atoms with Crippen LogP contribution in [0.2, 0.25) is 0 Å². The van der Waals surface area contributed by atoms with Gasteiger partial charge in [0.25, 0.3) is 5.91 Å². The maximum absolute atomic E-state index is 13.4. The van der Waals surface area contributed by atoms with Crippen LogP contribution in [-0.4, -0.2) is 40.5 Å². The zero-order chi connectivity index (χ0) is 18.1. The number of nitrogens with zero attached hydrogens (tertiary/aromatic N) is 1. The summed E-state index contributed by atoms with van der Waals surface area (Å²) in [4.78, 5) is 12.3. The molecule has 0 bridgehead atoms. The van der Waals surface area contributed by atoms with Gasteiger partial charge >= 0.3 is 6.18 Å². The van der Waals surface area contributed by atoms with Gasteiger partial charge in [-0.15, -0.1) is 12.4 Å². The van der Waals surface area contributed by atoms with Crippen LogP contribution in [0.1, 0.15) is 27.3 Å². The summed E-state index contributed by atoms with van der Waals surface area (Å²) in [6.45, 7) is 0.142. The first-order chi connectivity index (χ1) is 11.8. The Balaban J connectivity index is 0.00000243. The van der Waals surface area contributed by atoms with Crippen molar-refractivity contribution in [2.75, 3.05) is 13.1 Å². The number of aromatic nitrogens is 2. The van der Waals surface area contributed by atoms with E-state index in [-0.39, 0.29) is 23.7 Å². The Kier molecular flexibility index (Phi) is 5.94. The monoisotopic (exact) mass is 390 g/mol. The average molecular weight is 391 g/mol. The molecule has 1 aromatic carbocycles. The van der Waals surface area contributed by atoms with Crippen LogP contribution >= 0.6 is 12.4 Å². The minimum atomic E-state index is -4.95. The lowest BCUT2D eigenvalue weighted by Gasteiger charge is -2.31. The molecule has 1 atom stereocenters. The van der Waals surface area contributed by atoms with Crippen LogP contribution in [0, 0.1) is 0 Å². The van der Waals surface area contributed by atoms with Crippen LogP contribution in [0.15, 0.2) is 30.3 Å². The summed E-state index contributed by atoms with van der Waals surface area (Å²) in [5.41, 5.74) is -2.05. The summed E-state index contributed by atoms with van der Waals surface area (Å²) >= 11 is 0. The SMILES string of the molecule is Cl.O=C(NCC(O)(c1ccccc1)C(F)(F)F)c1n[nH]c2c1CNCC2. The molecule has 2 aromatic rings. The van der Waals surface area contributed by atoms with E-state index in [1.54, 1.807) is 6.07 Å². The maximum atomic E-state index is 13.4. The zero-order valence-corrected chi connectivity index (χ0v) is 14.4. The number of carbonyl (C=O) groups excluding carboxylic acids is 1. The van der Waals surface area contributed by atoms with Gasteiger partial charge in [-0.05, 0) is 5.56 Å². The highest BCUT2D eigenvalue weighted by Gasteiger charge is 2.55. The van der Waals surface area contributed by atoms with Crippen molar-refractivity contribution in [1.82, 2.24) is 20.8 Å². The number of alkyl halides is 3. The fourth-order valence-electron chi connectivity index (χ4n) is 2.78. The largest absolute Gasteiger partial charge is 0.423 e. The first-order valence-electron chi connectivity index (χ1n) is 7.72. The number of amides is 1. The van der Waals surface area contributed by atoms with Gasteiger partial charge in [-0.3, -0.25) is 9.89 Å². The van der Waals surface area contributed by atoms with Gasteiger partial charge < -0.3 is 15.7 Å². The molecule has 1 unspecified atom stereocenters. The molecule has 10 heteroatoms. The van der Waals surface area contributed by atoms with Gasteiger partial charge in [-0.25, -0.2) is 0 Å². The molecule has 0 fully saturated rings. The van der Waals surface area contributed by atoms with Crippen molar-refractivity contribution in [2.45, 2.75) is 24.7 Å². The second-order valence-electron chi connectivity index (χ2n) is 5.86. The van der Waals surface area contributed by atoms with E-state index in [4.69, 9.17) is 0 Å². The summed E-state index contributed by atoms with van der Waals surface area (Å²) < 4.78 is 40.3. The minimum absolute atomic E-state index is 0. The van der Waals surface area contributed by atoms with Crippen molar-refractivity contribution >= 4 is 18.3 Å². The predicted molar refractivity (Wildman–Crippen MR) is 90.0 cm³/mol. The molecule has 0 spiro atoms. The third-order valence-corrected chi connectivity index (χ3v) is 4.25. The number of halogens is 4. The lowest BCUT2D eigenvalue weighted by Crippen LogP contribution is -2.51. The van der Waals surface area contributed by atoms with Gasteiger partial charge in [0.2, 0.25) is 5.60 Å². The minimum Gasteiger partial charge on any atom is -0.375 e. The van der Waals surface area contributed by atoms with Crippen molar-refractivity contribution in [3.05, 3.63) is 52.8 Å². The number of carbonyl (C=O) groups is 1. The molecule has 0 aliphatic carbocycles. The molecule has 0 radical (unpaired) electrons. The highest BCUT2D eigenvalue weighted by atomic mass is 35.5. The Hall–Kier alpha value is -2.10. The summed E-state index contributed by atoms with van der Waals surface area (Å²) in [5.74, 6) is -0.764. The second-order valence-corrected chi connectivity index (χ2v) is 5.86. The Morgan fingerprint density at radius 1 is 1.27 bits per heavy atom. The molecule has 2 heterocycles. The van der Waals surface area contributed by atoms with Crippen molar-refractivity contribution in [3.8, 4) is 0 Å². The first-order valence-corrected chi connectivity index (χ1v) is 7.72. The van der Waals surface area contributed by atoms with E-state index in [1.165, 1.54) is 24.3 Å². The smallest absolute Gasteiger partial charge is 0.375 e. The van der Waals surface area contributed by atoms with Crippen LogP contribution < -0.4 is 10.6 Å². The van der Waals surface area contributed by atoms with Crippen molar-refractivity contribution < 1.29 is 23.1 Å². The van der Waals surface area contributed by atoms with Gasteiger partial charge in [0.05, 0.1) is 6.54 Å². The fourth-order valence-corrected chi connectivity index (χ4v) is 2.78. The fraction of sp³-hybridized carbons (Fsp3) is 0.375. The molecule has 1 amide bonds. The summed E-state index contributed by atoms with van der Waals surface area (Å²) in [6.07, 6.45) is -4.29. The molecule has 0 saturated carbocycles. The topological polar surface area (TPSA) is 90.0 Å². The number of hydrogen-bond acceptors (Lipinski definition) is 4. The van der Waals surface area contributed by atoms with Crippen LogP contribution in [0.3, 0.4) is 0 Å². The maximum Gasteiger partial charge on any atom is 0.423 e. The lowest BCUT2D eigenvalue weighted by atomic mass is 9.93. The number of rotatable bonds is 4. The molecule has 3 rings (SSSR count). The molecule has 1 aliphatic rings. The van der Waals surface area contributed by atoms with Gasteiger partial charge in [0.1, 0.15) is 0 Å². The third kappa shape index (κ3) is 3.69. The van der Waals surface area contributed by atoms with E-state index in [0.717, 1.165) is 12.2 Å². The van der Waals surface area contributed by atoms with Crippen molar-refractivity contribution in [1.29, 1.82) is 0 Å². The van der Waals surface area contributed by atoms with Crippen LogP contribution in [0.4, 0.5) is 13.2 Å². The van der Waals surface area contributed by atoms with Crippen LogP contribution in [0.5, 0.6) is 0 Å². The molecule has 1 aliphatic heterocycles. The number of nitrogens with one attached hydrogen (secondary N) is 3. The molecular formula is C16H18ClF3N4O2. The molecule has 6 nitrogen and oxygen atoms in total. The van der Waals surface area contributed by atoms with E-state index in [2.05, 4.69) is 20.8 Å². The molecule has 142 valence electrons. The average Bonchev–Trinajstić information content (AvgIpc) is 3.03. The number of benzene rings is 1. The number of hydrogen-bond donors (Lipinski definition) is 4. The Labute approximate surface area is 153 Å². The molecule has 26 heavy (non-hydrogen) atoms. The summed E-state index contributed by atoms with van der Waals surface area (Å²) in [7, 11) is 0. The lowest BCUT2D eigenvalue weighted by molar-refractivity contribution is -0.263. The van der Waals surface area contributed by atoms with E-state index in [9.17, 15) is 23.1 Å². The highest BCUT2D eigenvalue weighted by molar-refractivity contribution is 5.94. The molecule has 4 N–H and O–H groups in total. The Bertz CT molecular complexity index is 767. The quantitative estimate of drug-likeness (QED) is 0.639. The Morgan fingerprint density at radius 3 is 2.62 bits per heavy atom.